The highest BCUT2D eigenvalue weighted by atomic mass is 16.5. The molecule has 1 N–H and O–H groups in total. The summed E-state index contributed by atoms with van der Waals surface area (Å²) in [7, 11) is 2.94. The minimum Gasteiger partial charge on any atom is -0.480 e. The van der Waals surface area contributed by atoms with Crippen LogP contribution in [0.3, 0.4) is 0 Å². The van der Waals surface area contributed by atoms with E-state index in [4.69, 9.17) is 14.6 Å². The van der Waals surface area contributed by atoms with E-state index in [2.05, 4.69) is 15.3 Å². The van der Waals surface area contributed by atoms with Crippen LogP contribution < -0.4 is 10.1 Å². The standard InChI is InChI=1S/C28H25N5O3/c1-17-9-5-8-12-24(17)33-27(31-21-11-7-6-10-20(21)28(34)36-4)26(18(2)32-33)19-13-14-22-23(15-19)30-25(35-3)16-29-22/h5-16,31H,1-4H3. The number of rotatable bonds is 6. The summed E-state index contributed by atoms with van der Waals surface area (Å²) in [4.78, 5) is 21.5. The zero-order chi connectivity index (χ0) is 25.2. The summed E-state index contributed by atoms with van der Waals surface area (Å²) < 4.78 is 12.2. The molecule has 5 aromatic rings. The summed E-state index contributed by atoms with van der Waals surface area (Å²) in [5.74, 6) is 0.733. The first-order valence-corrected chi connectivity index (χ1v) is 11.4. The van der Waals surface area contributed by atoms with E-state index in [0.717, 1.165) is 33.6 Å². The quantitative estimate of drug-likeness (QED) is 0.315. The Balaban J connectivity index is 1.74. The highest BCUT2D eigenvalue weighted by Crippen LogP contribution is 2.37. The molecule has 0 atom stereocenters. The molecule has 36 heavy (non-hydrogen) atoms. The van der Waals surface area contributed by atoms with E-state index in [1.807, 2.05) is 73.1 Å². The van der Waals surface area contributed by atoms with Gasteiger partial charge in [0, 0.05) is 5.56 Å². The minimum atomic E-state index is -0.425. The van der Waals surface area contributed by atoms with Crippen LogP contribution in [0.1, 0.15) is 21.6 Å². The molecule has 0 radical (unpaired) electrons. The lowest BCUT2D eigenvalue weighted by Crippen LogP contribution is -2.09. The van der Waals surface area contributed by atoms with Gasteiger partial charge < -0.3 is 14.8 Å². The van der Waals surface area contributed by atoms with E-state index in [-0.39, 0.29) is 0 Å². The molecule has 0 unspecified atom stereocenters. The maximum absolute atomic E-state index is 12.5. The van der Waals surface area contributed by atoms with Crippen molar-refractivity contribution in [3.05, 3.63) is 89.7 Å². The Morgan fingerprint density at radius 1 is 0.944 bits per heavy atom. The third-order valence-electron chi connectivity index (χ3n) is 6.01. The Kier molecular flexibility index (Phi) is 6.08. The van der Waals surface area contributed by atoms with Crippen molar-refractivity contribution < 1.29 is 14.3 Å². The van der Waals surface area contributed by atoms with Crippen LogP contribution in [0, 0.1) is 13.8 Å². The topological polar surface area (TPSA) is 91.2 Å². The van der Waals surface area contributed by atoms with E-state index >= 15 is 0 Å². The molecule has 0 aliphatic rings. The number of nitrogens with one attached hydrogen (secondary N) is 1. The number of hydrogen-bond acceptors (Lipinski definition) is 7. The molecule has 2 heterocycles. The fourth-order valence-corrected chi connectivity index (χ4v) is 4.22. The number of aryl methyl sites for hydroxylation is 2. The molecule has 0 aliphatic carbocycles. The summed E-state index contributed by atoms with van der Waals surface area (Å²) >= 11 is 0. The molecule has 0 aliphatic heterocycles. The highest BCUT2D eigenvalue weighted by Gasteiger charge is 2.22. The van der Waals surface area contributed by atoms with Gasteiger partial charge >= 0.3 is 5.97 Å². The SMILES string of the molecule is COC(=O)c1ccccc1Nc1c(-c2ccc3ncc(OC)nc3c2)c(C)nn1-c1ccccc1C. The second-order valence-corrected chi connectivity index (χ2v) is 8.29. The summed E-state index contributed by atoms with van der Waals surface area (Å²) in [5.41, 5.74) is 7.08. The van der Waals surface area contributed by atoms with E-state index in [1.165, 1.54) is 7.11 Å². The van der Waals surface area contributed by atoms with Crippen LogP contribution in [0.2, 0.25) is 0 Å². The molecular formula is C28H25N5O3. The van der Waals surface area contributed by atoms with E-state index in [0.29, 0.717) is 28.5 Å². The van der Waals surface area contributed by atoms with Crippen LogP contribution >= 0.6 is 0 Å². The minimum absolute atomic E-state index is 0.425. The third kappa shape index (κ3) is 4.13. The van der Waals surface area contributed by atoms with Gasteiger partial charge in [-0.3, -0.25) is 0 Å². The number of fused-ring (bicyclic) bond motifs is 1. The average Bonchev–Trinajstić information content (AvgIpc) is 3.23. The first-order chi connectivity index (χ1) is 17.5. The molecule has 3 aromatic carbocycles. The number of nitrogens with zero attached hydrogens (tertiary/aromatic N) is 4. The molecule has 8 nitrogen and oxygen atoms in total. The predicted octanol–water partition coefficient (Wildman–Crippen LogP) is 5.64. The van der Waals surface area contributed by atoms with Crippen molar-refractivity contribution in [3.63, 3.8) is 0 Å². The zero-order valence-corrected chi connectivity index (χ0v) is 20.4. The van der Waals surface area contributed by atoms with Crippen molar-refractivity contribution in [2.24, 2.45) is 0 Å². The number of carbonyl (C=O) groups excluding carboxylic acids is 1. The molecule has 8 heteroatoms. The first kappa shape index (κ1) is 23.0. The van der Waals surface area contributed by atoms with Crippen LogP contribution in [0.5, 0.6) is 5.88 Å². The van der Waals surface area contributed by atoms with Crippen molar-refractivity contribution in [2.75, 3.05) is 19.5 Å². The molecule has 0 bridgehead atoms. The van der Waals surface area contributed by atoms with Crippen molar-refractivity contribution in [3.8, 4) is 22.7 Å². The number of hydrogen-bond donors (Lipinski definition) is 1. The van der Waals surface area contributed by atoms with Crippen molar-refractivity contribution >= 4 is 28.5 Å². The van der Waals surface area contributed by atoms with Gasteiger partial charge in [-0.25, -0.2) is 19.4 Å². The highest BCUT2D eigenvalue weighted by molar-refractivity contribution is 5.97. The smallest absolute Gasteiger partial charge is 0.339 e. The Hall–Kier alpha value is -4.72. The molecular weight excluding hydrogens is 454 g/mol. The molecule has 0 spiro atoms. The summed E-state index contributed by atoms with van der Waals surface area (Å²) in [6.45, 7) is 4.00. The normalized spacial score (nSPS) is 10.9. The average molecular weight is 480 g/mol. The molecule has 5 rings (SSSR count). The second kappa shape index (κ2) is 9.50. The molecule has 0 saturated heterocycles. The van der Waals surface area contributed by atoms with E-state index in [9.17, 15) is 4.79 Å². The molecule has 0 fully saturated rings. The van der Waals surface area contributed by atoms with Crippen LogP contribution in [0.4, 0.5) is 11.5 Å². The predicted molar refractivity (Wildman–Crippen MR) is 139 cm³/mol. The number of methoxy groups -OCH3 is 2. The van der Waals surface area contributed by atoms with Gasteiger partial charge in [-0.15, -0.1) is 0 Å². The van der Waals surface area contributed by atoms with E-state index < -0.39 is 5.97 Å². The van der Waals surface area contributed by atoms with Gasteiger partial charge in [0.25, 0.3) is 0 Å². The van der Waals surface area contributed by atoms with Crippen molar-refractivity contribution in [1.82, 2.24) is 19.7 Å². The Labute approximate surface area is 208 Å². The Bertz CT molecular complexity index is 1590. The summed E-state index contributed by atoms with van der Waals surface area (Å²) in [6.07, 6.45) is 1.60. The third-order valence-corrected chi connectivity index (χ3v) is 6.01. The van der Waals surface area contributed by atoms with Gasteiger partial charge in [0.05, 0.1) is 54.1 Å². The number of benzene rings is 3. The van der Waals surface area contributed by atoms with Gasteiger partial charge in [-0.2, -0.15) is 5.10 Å². The van der Waals surface area contributed by atoms with Gasteiger partial charge in [0.1, 0.15) is 5.82 Å². The van der Waals surface area contributed by atoms with Crippen LogP contribution in [0.15, 0.2) is 72.9 Å². The van der Waals surface area contributed by atoms with Gasteiger partial charge in [0.2, 0.25) is 5.88 Å². The zero-order valence-electron chi connectivity index (χ0n) is 20.4. The van der Waals surface area contributed by atoms with E-state index in [1.54, 1.807) is 25.4 Å². The maximum atomic E-state index is 12.5. The monoisotopic (exact) mass is 479 g/mol. The fraction of sp³-hybridized carbons (Fsp3) is 0.143. The molecule has 0 saturated carbocycles. The maximum Gasteiger partial charge on any atom is 0.339 e. The lowest BCUT2D eigenvalue weighted by Gasteiger charge is -2.16. The number of ether oxygens (including phenoxy) is 2. The number of para-hydroxylation sites is 2. The Morgan fingerprint density at radius 3 is 2.50 bits per heavy atom. The Morgan fingerprint density at radius 2 is 1.72 bits per heavy atom. The second-order valence-electron chi connectivity index (χ2n) is 8.29. The van der Waals surface area contributed by atoms with Crippen molar-refractivity contribution in [2.45, 2.75) is 13.8 Å². The lowest BCUT2D eigenvalue weighted by molar-refractivity contribution is 0.0602. The summed E-state index contributed by atoms with van der Waals surface area (Å²) in [6, 6.07) is 21.1. The summed E-state index contributed by atoms with van der Waals surface area (Å²) in [5, 5.41) is 8.38. The molecule has 180 valence electrons. The van der Waals surface area contributed by atoms with Gasteiger partial charge in [0.15, 0.2) is 0 Å². The fourth-order valence-electron chi connectivity index (χ4n) is 4.22. The van der Waals surface area contributed by atoms with Crippen LogP contribution in [-0.2, 0) is 4.74 Å². The number of carbonyl (C=O) groups is 1. The van der Waals surface area contributed by atoms with Crippen LogP contribution in [-0.4, -0.2) is 39.9 Å². The van der Waals surface area contributed by atoms with Crippen LogP contribution in [0.25, 0.3) is 27.8 Å². The largest absolute Gasteiger partial charge is 0.480 e. The lowest BCUT2D eigenvalue weighted by atomic mass is 10.0. The van der Waals surface area contributed by atoms with Crippen molar-refractivity contribution in [1.29, 1.82) is 0 Å². The van der Waals surface area contributed by atoms with Gasteiger partial charge in [-0.05, 0) is 55.3 Å². The number of anilines is 2. The first-order valence-electron chi connectivity index (χ1n) is 11.4. The molecule has 0 amide bonds. The number of esters is 1. The molecule has 2 aromatic heterocycles. The number of aromatic nitrogens is 4. The van der Waals surface area contributed by atoms with Gasteiger partial charge in [-0.1, -0.05) is 36.4 Å².